The molecule has 0 spiro atoms. The Morgan fingerprint density at radius 3 is 3.17 bits per heavy atom. The molecule has 7 nitrogen and oxygen atoms in total. The van der Waals surface area contributed by atoms with Crippen molar-refractivity contribution in [3.8, 4) is 6.07 Å². The summed E-state index contributed by atoms with van der Waals surface area (Å²) in [5, 5.41) is 17.8. The zero-order valence-electron chi connectivity index (χ0n) is 12.2. The number of carbonyl (C=O) groups is 1. The average molecular weight is 304 g/mol. The van der Waals surface area contributed by atoms with Crippen LogP contribution in [0.2, 0.25) is 0 Å². The second-order valence-corrected chi connectivity index (χ2v) is 5.35. The molecule has 0 radical (unpaired) electrons. The Labute approximate surface area is 131 Å². The molecule has 23 heavy (non-hydrogen) atoms. The smallest absolute Gasteiger partial charge is 0.237 e. The minimum atomic E-state index is -0.153. The van der Waals surface area contributed by atoms with Crippen LogP contribution in [0.15, 0.2) is 30.7 Å². The molecule has 1 aliphatic rings. The van der Waals surface area contributed by atoms with Gasteiger partial charge in [0.25, 0.3) is 0 Å². The molecule has 0 unspecified atom stereocenters. The standard InChI is InChI=1S/C16H12N6O/c17-4-1-14(23)22-6-3-10(9-22)12-7-20-21-13-8-19-16-11(15(12)13)2-5-18-16/h2-3,5,7-8,21H,1,6,9H2. The molecule has 0 atom stereocenters. The van der Waals surface area contributed by atoms with Crippen molar-refractivity contribution < 1.29 is 4.79 Å². The average Bonchev–Trinajstić information content (AvgIpc) is 3.23. The number of hydrogen-bond acceptors (Lipinski definition) is 5. The number of aromatic nitrogens is 4. The monoisotopic (exact) mass is 304 g/mol. The number of amides is 1. The first kappa shape index (κ1) is 13.4. The molecule has 1 aliphatic heterocycles. The molecule has 3 aromatic rings. The SMILES string of the molecule is N#CCC(=O)N1CC=C(c2cn[nH]c3cnc4nccc4c23)C1. The van der Waals surface area contributed by atoms with Crippen molar-refractivity contribution in [2.75, 3.05) is 13.1 Å². The molecule has 1 amide bonds. The quantitative estimate of drug-likeness (QED) is 0.776. The fraction of sp³-hybridized carbons (Fsp3) is 0.188. The number of rotatable bonds is 2. The van der Waals surface area contributed by atoms with E-state index in [9.17, 15) is 4.79 Å². The van der Waals surface area contributed by atoms with Crippen LogP contribution in [0.25, 0.3) is 27.5 Å². The second kappa shape index (κ2) is 5.18. The number of H-pyrrole nitrogens is 1. The molecule has 112 valence electrons. The van der Waals surface area contributed by atoms with Crippen molar-refractivity contribution in [3.05, 3.63) is 36.3 Å². The highest BCUT2D eigenvalue weighted by molar-refractivity contribution is 6.08. The van der Waals surface area contributed by atoms with Crippen LogP contribution in [-0.4, -0.2) is 44.1 Å². The molecule has 0 aliphatic carbocycles. The molecule has 0 saturated heterocycles. The molecular weight excluding hydrogens is 292 g/mol. The van der Waals surface area contributed by atoms with Gasteiger partial charge in [0.2, 0.25) is 5.91 Å². The van der Waals surface area contributed by atoms with Gasteiger partial charge in [-0.15, -0.1) is 0 Å². The third-order valence-electron chi connectivity index (χ3n) is 4.03. The van der Waals surface area contributed by atoms with Gasteiger partial charge in [0.15, 0.2) is 5.65 Å². The largest absolute Gasteiger partial charge is 0.334 e. The van der Waals surface area contributed by atoms with Crippen molar-refractivity contribution in [2.24, 2.45) is 0 Å². The van der Waals surface area contributed by atoms with Gasteiger partial charge in [0, 0.05) is 35.6 Å². The Balaban J connectivity index is 1.80. The summed E-state index contributed by atoms with van der Waals surface area (Å²) in [5.74, 6) is -0.153. The van der Waals surface area contributed by atoms with E-state index in [1.54, 1.807) is 23.5 Å². The Morgan fingerprint density at radius 1 is 1.39 bits per heavy atom. The Kier molecular flexibility index (Phi) is 3.01. The summed E-state index contributed by atoms with van der Waals surface area (Å²) >= 11 is 0. The van der Waals surface area contributed by atoms with E-state index < -0.39 is 0 Å². The molecule has 0 saturated carbocycles. The van der Waals surface area contributed by atoms with Crippen LogP contribution in [-0.2, 0) is 4.79 Å². The van der Waals surface area contributed by atoms with Gasteiger partial charge in [-0.2, -0.15) is 10.4 Å². The second-order valence-electron chi connectivity index (χ2n) is 5.35. The van der Waals surface area contributed by atoms with Crippen molar-refractivity contribution in [2.45, 2.75) is 6.42 Å². The lowest BCUT2D eigenvalue weighted by Crippen LogP contribution is -2.28. The van der Waals surface area contributed by atoms with Gasteiger partial charge in [-0.3, -0.25) is 9.89 Å². The van der Waals surface area contributed by atoms with Crippen molar-refractivity contribution in [1.82, 2.24) is 25.1 Å². The summed E-state index contributed by atoms with van der Waals surface area (Å²) in [6, 6.07) is 3.83. The highest BCUT2D eigenvalue weighted by atomic mass is 16.2. The maximum atomic E-state index is 11.9. The topological polar surface area (TPSA) is 98.6 Å². The van der Waals surface area contributed by atoms with Crippen LogP contribution in [0.1, 0.15) is 12.0 Å². The predicted molar refractivity (Wildman–Crippen MR) is 84.0 cm³/mol. The fourth-order valence-electron chi connectivity index (χ4n) is 2.93. The van der Waals surface area contributed by atoms with Gasteiger partial charge in [-0.1, -0.05) is 6.08 Å². The summed E-state index contributed by atoms with van der Waals surface area (Å²) in [6.45, 7) is 1.00. The molecule has 1 N–H and O–H groups in total. The van der Waals surface area contributed by atoms with Crippen molar-refractivity contribution >= 4 is 33.4 Å². The summed E-state index contributed by atoms with van der Waals surface area (Å²) < 4.78 is 0. The van der Waals surface area contributed by atoms with Crippen LogP contribution in [0, 0.1) is 11.3 Å². The summed E-state index contributed by atoms with van der Waals surface area (Å²) in [6.07, 6.45) is 7.12. The molecule has 7 heteroatoms. The Bertz CT molecular complexity index is 997. The first-order valence-electron chi connectivity index (χ1n) is 7.19. The number of nitrogens with one attached hydrogen (secondary N) is 1. The Hall–Kier alpha value is -3.27. The maximum absolute atomic E-state index is 11.9. The van der Waals surface area contributed by atoms with E-state index >= 15 is 0 Å². The molecule has 0 aromatic carbocycles. The van der Waals surface area contributed by atoms with E-state index in [2.05, 4.69) is 20.2 Å². The van der Waals surface area contributed by atoms with Gasteiger partial charge >= 0.3 is 0 Å². The van der Waals surface area contributed by atoms with Crippen LogP contribution in [0.3, 0.4) is 0 Å². The van der Waals surface area contributed by atoms with Gasteiger partial charge < -0.3 is 4.90 Å². The number of hydrogen-bond donors (Lipinski definition) is 1. The number of carbonyl (C=O) groups excluding carboxylic acids is 1. The number of fused-ring (bicyclic) bond motifs is 3. The minimum absolute atomic E-state index is 0.0936. The third-order valence-corrected chi connectivity index (χ3v) is 4.03. The first-order valence-corrected chi connectivity index (χ1v) is 7.19. The van der Waals surface area contributed by atoms with Gasteiger partial charge in [0.05, 0.1) is 24.0 Å². The highest BCUT2D eigenvalue weighted by Crippen LogP contribution is 2.31. The number of nitriles is 1. The summed E-state index contributed by atoms with van der Waals surface area (Å²) in [5.41, 5.74) is 3.50. The van der Waals surface area contributed by atoms with Crippen LogP contribution >= 0.6 is 0 Å². The number of aromatic amines is 1. The summed E-state index contributed by atoms with van der Waals surface area (Å²) in [7, 11) is 0. The van der Waals surface area contributed by atoms with E-state index in [4.69, 9.17) is 5.26 Å². The van der Waals surface area contributed by atoms with E-state index in [1.165, 1.54) is 0 Å². The molecule has 4 heterocycles. The van der Waals surface area contributed by atoms with E-state index in [-0.39, 0.29) is 12.3 Å². The van der Waals surface area contributed by atoms with Crippen LogP contribution in [0.4, 0.5) is 0 Å². The maximum Gasteiger partial charge on any atom is 0.237 e. The molecule has 4 rings (SSSR count). The molecule has 3 aromatic heterocycles. The van der Waals surface area contributed by atoms with Gasteiger partial charge in [-0.05, 0) is 11.6 Å². The minimum Gasteiger partial charge on any atom is -0.334 e. The lowest BCUT2D eigenvalue weighted by molar-refractivity contribution is -0.128. The first-order chi connectivity index (χ1) is 11.3. The van der Waals surface area contributed by atoms with E-state index in [0.717, 1.165) is 27.4 Å². The van der Waals surface area contributed by atoms with Crippen molar-refractivity contribution in [3.63, 3.8) is 0 Å². The van der Waals surface area contributed by atoms with Gasteiger partial charge in [0.1, 0.15) is 6.42 Å². The lowest BCUT2D eigenvalue weighted by atomic mass is 10.0. The molecule has 0 bridgehead atoms. The third kappa shape index (κ3) is 2.12. The Morgan fingerprint density at radius 2 is 2.30 bits per heavy atom. The van der Waals surface area contributed by atoms with Crippen molar-refractivity contribution in [1.29, 1.82) is 5.26 Å². The van der Waals surface area contributed by atoms with E-state index in [0.29, 0.717) is 18.7 Å². The fourth-order valence-corrected chi connectivity index (χ4v) is 2.93. The predicted octanol–water partition coefficient (Wildman–Crippen LogP) is 1.65. The molecular formula is C16H12N6O. The van der Waals surface area contributed by atoms with Crippen LogP contribution in [0.5, 0.6) is 0 Å². The number of pyridine rings is 1. The number of nitrogens with zero attached hydrogens (tertiary/aromatic N) is 5. The van der Waals surface area contributed by atoms with Crippen LogP contribution < -0.4 is 0 Å². The summed E-state index contributed by atoms with van der Waals surface area (Å²) in [4.78, 5) is 22.1. The normalized spacial score (nSPS) is 14.2. The zero-order chi connectivity index (χ0) is 15.8. The van der Waals surface area contributed by atoms with E-state index in [1.807, 2.05) is 18.2 Å². The molecule has 0 fully saturated rings. The van der Waals surface area contributed by atoms with Gasteiger partial charge in [-0.25, -0.2) is 9.97 Å². The lowest BCUT2D eigenvalue weighted by Gasteiger charge is -2.15. The highest BCUT2D eigenvalue weighted by Gasteiger charge is 2.22. The zero-order valence-corrected chi connectivity index (χ0v) is 12.2.